The molecule has 1 atom stereocenters. The zero-order valence-corrected chi connectivity index (χ0v) is 25.0. The summed E-state index contributed by atoms with van der Waals surface area (Å²) >= 11 is 0. The summed E-state index contributed by atoms with van der Waals surface area (Å²) < 4.78 is 42.5. The largest absolute Gasteiger partial charge is 0.350 e. The van der Waals surface area contributed by atoms with Crippen molar-refractivity contribution in [3.63, 3.8) is 0 Å². The third-order valence-corrected chi connectivity index (χ3v) is 8.39. The number of hydrogen-bond donors (Lipinski definition) is 1. The van der Waals surface area contributed by atoms with Crippen LogP contribution in [0.4, 0.5) is 10.1 Å². The molecule has 0 unspecified atom stereocenters. The molecule has 2 amide bonds. The van der Waals surface area contributed by atoms with E-state index in [0.717, 1.165) is 21.0 Å². The zero-order valence-electron chi connectivity index (χ0n) is 24.2. The van der Waals surface area contributed by atoms with Crippen LogP contribution in [0.3, 0.4) is 0 Å². The maximum atomic E-state index is 14.0. The molecule has 0 aliphatic heterocycles. The summed E-state index contributed by atoms with van der Waals surface area (Å²) in [7, 11) is -4.15. The summed E-state index contributed by atoms with van der Waals surface area (Å²) in [6.07, 6.45) is 0. The van der Waals surface area contributed by atoms with Gasteiger partial charge in [-0.2, -0.15) is 0 Å². The van der Waals surface area contributed by atoms with Gasteiger partial charge >= 0.3 is 0 Å². The van der Waals surface area contributed by atoms with E-state index >= 15 is 0 Å². The highest BCUT2D eigenvalue weighted by Crippen LogP contribution is 2.27. The van der Waals surface area contributed by atoms with Crippen molar-refractivity contribution in [1.29, 1.82) is 0 Å². The normalized spacial score (nSPS) is 12.5. The summed E-state index contributed by atoms with van der Waals surface area (Å²) in [6.45, 7) is 12.2. The lowest BCUT2D eigenvalue weighted by molar-refractivity contribution is -0.140. The molecule has 0 aromatic heterocycles. The standard InChI is InChI=1S/C31H38FN3O4S/c1-21-8-16-28(17-9-21)40(38,39)35(27-15-10-22(2)23(3)18-27)20-29(36)34(19-25-11-13-26(32)14-12-25)24(4)30(37)33-31(5,6)7/h8-18,24H,19-20H2,1-7H3,(H,33,37)/t24-/m1/s1. The highest BCUT2D eigenvalue weighted by molar-refractivity contribution is 7.92. The van der Waals surface area contributed by atoms with Gasteiger partial charge in [-0.1, -0.05) is 35.9 Å². The van der Waals surface area contributed by atoms with E-state index in [0.29, 0.717) is 11.3 Å². The average Bonchev–Trinajstić information content (AvgIpc) is 2.87. The van der Waals surface area contributed by atoms with Gasteiger partial charge in [0.25, 0.3) is 10.0 Å². The van der Waals surface area contributed by atoms with Crippen molar-refractivity contribution in [3.8, 4) is 0 Å². The molecule has 214 valence electrons. The Morgan fingerprint density at radius 2 is 1.50 bits per heavy atom. The van der Waals surface area contributed by atoms with E-state index in [1.807, 2.05) is 47.6 Å². The fourth-order valence-electron chi connectivity index (χ4n) is 4.09. The van der Waals surface area contributed by atoms with Gasteiger partial charge in [0.05, 0.1) is 10.6 Å². The van der Waals surface area contributed by atoms with Crippen LogP contribution in [-0.4, -0.2) is 43.3 Å². The maximum absolute atomic E-state index is 14.0. The molecule has 3 aromatic carbocycles. The average molecular weight is 568 g/mol. The number of aryl methyl sites for hydroxylation is 3. The van der Waals surface area contributed by atoms with Crippen LogP contribution in [0.25, 0.3) is 0 Å². The Hall–Kier alpha value is -3.72. The van der Waals surface area contributed by atoms with E-state index in [1.165, 1.54) is 41.3 Å². The number of nitrogens with one attached hydrogen (secondary N) is 1. The number of halogens is 1. The maximum Gasteiger partial charge on any atom is 0.264 e. The molecule has 1 N–H and O–H groups in total. The predicted molar refractivity (Wildman–Crippen MR) is 156 cm³/mol. The summed E-state index contributed by atoms with van der Waals surface area (Å²) in [6, 6.07) is 16.3. The van der Waals surface area contributed by atoms with E-state index in [-0.39, 0.29) is 17.3 Å². The van der Waals surface area contributed by atoms with E-state index in [1.54, 1.807) is 31.2 Å². The van der Waals surface area contributed by atoms with Crippen LogP contribution in [0.15, 0.2) is 71.6 Å². The second kappa shape index (κ2) is 12.2. The molecular weight excluding hydrogens is 529 g/mol. The number of rotatable bonds is 9. The first-order chi connectivity index (χ1) is 18.6. The van der Waals surface area contributed by atoms with Crippen molar-refractivity contribution >= 4 is 27.5 Å². The third-order valence-electron chi connectivity index (χ3n) is 6.60. The lowest BCUT2D eigenvalue weighted by Gasteiger charge is -2.33. The molecule has 9 heteroatoms. The predicted octanol–water partition coefficient (Wildman–Crippen LogP) is 5.28. The van der Waals surface area contributed by atoms with Gasteiger partial charge in [-0.25, -0.2) is 12.8 Å². The highest BCUT2D eigenvalue weighted by Gasteiger charge is 2.33. The first kappa shape index (κ1) is 30.8. The Kier molecular flexibility index (Phi) is 9.40. The van der Waals surface area contributed by atoms with Gasteiger partial charge in [-0.3, -0.25) is 13.9 Å². The Labute approximate surface area is 237 Å². The number of amides is 2. The van der Waals surface area contributed by atoms with Gasteiger partial charge in [0, 0.05) is 12.1 Å². The number of anilines is 1. The van der Waals surface area contributed by atoms with Crippen molar-refractivity contribution < 1.29 is 22.4 Å². The quantitative estimate of drug-likeness (QED) is 0.381. The van der Waals surface area contributed by atoms with Gasteiger partial charge < -0.3 is 10.2 Å². The van der Waals surface area contributed by atoms with Gasteiger partial charge in [-0.05, 0) is 102 Å². The van der Waals surface area contributed by atoms with Crippen molar-refractivity contribution in [3.05, 3.63) is 94.8 Å². The Bertz CT molecular complexity index is 1460. The van der Waals surface area contributed by atoms with Crippen LogP contribution < -0.4 is 9.62 Å². The summed E-state index contributed by atoms with van der Waals surface area (Å²) in [5.74, 6) is -1.39. The molecular formula is C31H38FN3O4S. The van der Waals surface area contributed by atoms with Gasteiger partial charge in [0.1, 0.15) is 18.4 Å². The van der Waals surface area contributed by atoms with Gasteiger partial charge in [0.2, 0.25) is 11.8 Å². The van der Waals surface area contributed by atoms with Crippen LogP contribution >= 0.6 is 0 Å². The lowest BCUT2D eigenvalue weighted by atomic mass is 10.1. The Balaban J connectivity index is 2.06. The smallest absolute Gasteiger partial charge is 0.264 e. The second-order valence-corrected chi connectivity index (χ2v) is 13.0. The van der Waals surface area contributed by atoms with E-state index in [9.17, 15) is 22.4 Å². The molecule has 7 nitrogen and oxygen atoms in total. The minimum Gasteiger partial charge on any atom is -0.350 e. The molecule has 0 aliphatic carbocycles. The minimum absolute atomic E-state index is 0.0107. The van der Waals surface area contributed by atoms with Crippen molar-refractivity contribution in [2.45, 2.75) is 71.5 Å². The summed E-state index contributed by atoms with van der Waals surface area (Å²) in [5.41, 5.74) is 3.14. The number of nitrogens with zero attached hydrogens (tertiary/aromatic N) is 2. The number of hydrogen-bond acceptors (Lipinski definition) is 4. The molecule has 0 bridgehead atoms. The Morgan fingerprint density at radius 1 is 0.900 bits per heavy atom. The molecule has 0 aliphatic rings. The molecule has 3 aromatic rings. The number of carbonyl (C=O) groups excluding carboxylic acids is 2. The third kappa shape index (κ3) is 7.69. The molecule has 40 heavy (non-hydrogen) atoms. The molecule has 0 spiro atoms. The van der Waals surface area contributed by atoms with Crippen molar-refractivity contribution in [1.82, 2.24) is 10.2 Å². The van der Waals surface area contributed by atoms with Gasteiger partial charge in [-0.15, -0.1) is 0 Å². The minimum atomic E-state index is -4.15. The van der Waals surface area contributed by atoms with Crippen LogP contribution in [0.1, 0.15) is 49.9 Å². The van der Waals surface area contributed by atoms with Crippen LogP contribution in [0, 0.1) is 26.6 Å². The lowest BCUT2D eigenvalue weighted by Crippen LogP contribution is -2.54. The first-order valence-electron chi connectivity index (χ1n) is 13.1. The summed E-state index contributed by atoms with van der Waals surface area (Å²) in [5, 5.41) is 2.88. The second-order valence-electron chi connectivity index (χ2n) is 11.2. The zero-order chi connectivity index (χ0) is 29.8. The highest BCUT2D eigenvalue weighted by atomic mass is 32.2. The van der Waals surface area contributed by atoms with E-state index < -0.39 is 39.9 Å². The van der Waals surface area contributed by atoms with Crippen LogP contribution in [0.5, 0.6) is 0 Å². The fourth-order valence-corrected chi connectivity index (χ4v) is 5.50. The summed E-state index contributed by atoms with van der Waals surface area (Å²) in [4.78, 5) is 28.5. The monoisotopic (exact) mass is 567 g/mol. The molecule has 0 heterocycles. The molecule has 0 fully saturated rings. The number of sulfonamides is 1. The van der Waals surface area contributed by atoms with Crippen LogP contribution in [-0.2, 0) is 26.2 Å². The fraction of sp³-hybridized carbons (Fsp3) is 0.355. The van der Waals surface area contributed by atoms with Crippen molar-refractivity contribution in [2.75, 3.05) is 10.8 Å². The first-order valence-corrected chi connectivity index (χ1v) is 14.5. The van der Waals surface area contributed by atoms with Gasteiger partial charge in [0.15, 0.2) is 0 Å². The Morgan fingerprint density at radius 3 is 2.05 bits per heavy atom. The molecule has 0 radical (unpaired) electrons. The number of benzene rings is 3. The van der Waals surface area contributed by atoms with Crippen molar-refractivity contribution in [2.24, 2.45) is 0 Å². The SMILES string of the molecule is Cc1ccc(S(=O)(=O)N(CC(=O)N(Cc2ccc(F)cc2)[C@H](C)C(=O)NC(C)(C)C)c2ccc(C)c(C)c2)cc1. The van der Waals surface area contributed by atoms with E-state index in [4.69, 9.17) is 0 Å². The number of carbonyl (C=O) groups is 2. The molecule has 0 saturated heterocycles. The van der Waals surface area contributed by atoms with Crippen LogP contribution in [0.2, 0.25) is 0 Å². The molecule has 0 saturated carbocycles. The molecule has 3 rings (SSSR count). The topological polar surface area (TPSA) is 86.8 Å². The van der Waals surface area contributed by atoms with E-state index in [2.05, 4.69) is 5.32 Å².